The van der Waals surface area contributed by atoms with Crippen LogP contribution in [0.1, 0.15) is 64.0 Å². The molecule has 5 rings (SSSR count). The van der Waals surface area contributed by atoms with Crippen LogP contribution >= 0.6 is 0 Å². The largest absolute Gasteiger partial charge is 1.00 e. The number of hydrogen-bond donors (Lipinski definition) is 0. The second-order valence-electron chi connectivity index (χ2n) is 10.4. The fourth-order valence-electron chi connectivity index (χ4n) is 5.54. The number of allylic oxidation sites excluding steroid dienone is 8. The van der Waals surface area contributed by atoms with Crippen LogP contribution in [0.3, 0.4) is 0 Å². The standard InChI is InChI=1S/C13H10.C9H11.C9H13.2ClH.Zr/c1-3-7-12(8-4-1)11-13-9-5-2-6-10-13;1-2-5-9-7-3-6-8(9)4-1;1-9(2,3)8-6-4-5-7-8;;;/h1-10H;3,6-7H,1-2,4-5H2;6-7H,4H2,1-3H3;2*1H;/q;;;;;+2/p-2. The summed E-state index contributed by atoms with van der Waals surface area (Å²) in [4.78, 5) is 0. The molecule has 0 bridgehead atoms. The molecule has 0 saturated heterocycles. The summed E-state index contributed by atoms with van der Waals surface area (Å²) in [5, 5.41) is 0. The Morgan fingerprint density at radius 2 is 1.41 bits per heavy atom. The first kappa shape index (κ1) is 27.3. The second kappa shape index (κ2) is 11.6. The van der Waals surface area contributed by atoms with Crippen LogP contribution in [-0.4, -0.2) is 3.21 Å². The molecule has 0 spiro atoms. The van der Waals surface area contributed by atoms with Gasteiger partial charge in [-0.3, -0.25) is 0 Å². The minimum Gasteiger partial charge on any atom is -1.00 e. The second-order valence-corrected chi connectivity index (χ2v) is 16.8. The molecule has 3 aliphatic rings. The molecule has 0 saturated carbocycles. The van der Waals surface area contributed by atoms with Crippen LogP contribution < -0.4 is 24.8 Å². The minimum atomic E-state index is -2.32. The molecule has 0 amide bonds. The van der Waals surface area contributed by atoms with Gasteiger partial charge in [0, 0.05) is 0 Å². The van der Waals surface area contributed by atoms with Crippen LogP contribution in [0.25, 0.3) is 0 Å². The first-order chi connectivity index (χ1) is 15.5. The monoisotopic (exact) mass is 566 g/mol. The van der Waals surface area contributed by atoms with E-state index in [9.17, 15) is 0 Å². The third-order valence-corrected chi connectivity index (χ3v) is 15.4. The van der Waals surface area contributed by atoms with Gasteiger partial charge in [0.15, 0.2) is 0 Å². The van der Waals surface area contributed by atoms with E-state index >= 15 is 0 Å². The van der Waals surface area contributed by atoms with Crippen molar-refractivity contribution < 1.29 is 46.1 Å². The van der Waals surface area contributed by atoms with Gasteiger partial charge in [0.05, 0.1) is 0 Å². The zero-order chi connectivity index (χ0) is 22.1. The molecule has 0 fully saturated rings. The Kier molecular flexibility index (Phi) is 9.36. The topological polar surface area (TPSA) is 0 Å². The van der Waals surface area contributed by atoms with E-state index in [-0.39, 0.29) is 30.2 Å². The van der Waals surface area contributed by atoms with Gasteiger partial charge in [0.25, 0.3) is 0 Å². The first-order valence-electron chi connectivity index (χ1n) is 12.2. The average Bonchev–Trinajstić information content (AvgIpc) is 3.46. The van der Waals surface area contributed by atoms with E-state index in [1.807, 2.05) is 0 Å². The summed E-state index contributed by atoms with van der Waals surface area (Å²) in [7, 11) is 0. The molecule has 0 nitrogen and oxygen atoms in total. The molecule has 1 unspecified atom stereocenters. The molecule has 0 aromatic heterocycles. The van der Waals surface area contributed by atoms with Gasteiger partial charge < -0.3 is 24.8 Å². The van der Waals surface area contributed by atoms with E-state index in [4.69, 9.17) is 0 Å². The predicted octanol–water partition coefficient (Wildman–Crippen LogP) is 2.37. The van der Waals surface area contributed by atoms with Crippen molar-refractivity contribution in [2.45, 2.75) is 56.5 Å². The van der Waals surface area contributed by atoms with Gasteiger partial charge in [0.2, 0.25) is 0 Å². The molecule has 2 aromatic carbocycles. The molecule has 1 atom stereocenters. The summed E-state index contributed by atoms with van der Waals surface area (Å²) >= 11 is -2.32. The van der Waals surface area contributed by atoms with Crippen LogP contribution in [0.4, 0.5) is 0 Å². The van der Waals surface area contributed by atoms with Crippen LogP contribution in [0.5, 0.6) is 0 Å². The van der Waals surface area contributed by atoms with Gasteiger partial charge in [-0.25, -0.2) is 0 Å². The van der Waals surface area contributed by atoms with Crippen molar-refractivity contribution in [3.63, 3.8) is 0 Å². The summed E-state index contributed by atoms with van der Waals surface area (Å²) in [5.41, 5.74) is 8.09. The average molecular weight is 569 g/mol. The first-order valence-corrected chi connectivity index (χ1v) is 16.1. The molecule has 0 radical (unpaired) electrons. The van der Waals surface area contributed by atoms with Gasteiger partial charge in [0.1, 0.15) is 0 Å². The van der Waals surface area contributed by atoms with Gasteiger partial charge in [-0.2, -0.15) is 0 Å². The number of rotatable bonds is 4. The van der Waals surface area contributed by atoms with Crippen molar-refractivity contribution >= 4 is 3.21 Å². The Balaban J connectivity index is 0.00000162. The zero-order valence-corrected chi connectivity index (χ0v) is 24.4. The smallest absolute Gasteiger partial charge is 1.00 e. The maximum absolute atomic E-state index is 2.62. The van der Waals surface area contributed by atoms with Crippen LogP contribution in [0, 0.1) is 5.41 Å². The SMILES string of the molecule is CC(C)(C)C1=CC[C]([Zr+2](=[C](c2ccccc2)c2ccccc2)[CH]2C=CC3=C2CCCC3)=C1.[Cl-].[Cl-]. The van der Waals surface area contributed by atoms with Crippen molar-refractivity contribution in [3.05, 3.63) is 116 Å². The molecule has 3 heteroatoms. The Bertz CT molecular complexity index is 1120. The van der Waals surface area contributed by atoms with E-state index in [2.05, 4.69) is 106 Å². The Hall–Kier alpha value is -1.27. The molecular formula is C31H34Cl2Zr. The van der Waals surface area contributed by atoms with Crippen LogP contribution in [0.2, 0.25) is 3.63 Å². The molecule has 34 heavy (non-hydrogen) atoms. The van der Waals surface area contributed by atoms with E-state index in [0.29, 0.717) is 3.63 Å². The predicted molar refractivity (Wildman–Crippen MR) is 135 cm³/mol. The molecule has 176 valence electrons. The molecule has 0 N–H and O–H groups in total. The maximum atomic E-state index is 2.62. The van der Waals surface area contributed by atoms with Crippen LogP contribution in [-0.2, 0) is 21.3 Å². The number of benzene rings is 2. The summed E-state index contributed by atoms with van der Waals surface area (Å²) in [6.45, 7) is 7.08. The fraction of sp³-hybridized carbons (Fsp3) is 0.323. The Morgan fingerprint density at radius 3 is 1.97 bits per heavy atom. The Labute approximate surface area is 225 Å². The molecule has 3 aliphatic carbocycles. The van der Waals surface area contributed by atoms with Crippen molar-refractivity contribution in [2.24, 2.45) is 5.41 Å². The fourth-order valence-corrected chi connectivity index (χ4v) is 14.4. The van der Waals surface area contributed by atoms with Gasteiger partial charge >= 0.3 is 202 Å². The van der Waals surface area contributed by atoms with Gasteiger partial charge in [-0.1, -0.05) is 0 Å². The van der Waals surface area contributed by atoms with Crippen molar-refractivity contribution in [1.82, 2.24) is 0 Å². The normalized spacial score (nSPS) is 18.7. The summed E-state index contributed by atoms with van der Waals surface area (Å²) in [6.07, 6.45) is 16.7. The number of hydrogen-bond acceptors (Lipinski definition) is 0. The van der Waals surface area contributed by atoms with Crippen molar-refractivity contribution in [1.29, 1.82) is 0 Å². The van der Waals surface area contributed by atoms with Crippen molar-refractivity contribution in [2.75, 3.05) is 0 Å². The molecular weight excluding hydrogens is 534 g/mol. The van der Waals surface area contributed by atoms with E-state index in [1.165, 1.54) is 42.4 Å². The Morgan fingerprint density at radius 1 is 0.824 bits per heavy atom. The third-order valence-electron chi connectivity index (χ3n) is 7.21. The van der Waals surface area contributed by atoms with Gasteiger partial charge in [-0.05, 0) is 0 Å². The van der Waals surface area contributed by atoms with Gasteiger partial charge in [-0.15, -0.1) is 0 Å². The van der Waals surface area contributed by atoms with Crippen molar-refractivity contribution in [3.8, 4) is 0 Å². The zero-order valence-electron chi connectivity index (χ0n) is 20.5. The maximum Gasteiger partial charge on any atom is -1.00 e. The molecule has 2 aromatic rings. The van der Waals surface area contributed by atoms with E-state index in [0.717, 1.165) is 6.42 Å². The van der Waals surface area contributed by atoms with Crippen LogP contribution in [0.15, 0.2) is 105 Å². The van der Waals surface area contributed by atoms with E-state index in [1.54, 1.807) is 17.6 Å². The summed E-state index contributed by atoms with van der Waals surface area (Å²) in [6, 6.07) is 22.6. The summed E-state index contributed by atoms with van der Waals surface area (Å²) in [5.74, 6) is 0. The van der Waals surface area contributed by atoms with E-state index < -0.39 is 21.3 Å². The summed E-state index contributed by atoms with van der Waals surface area (Å²) < 4.78 is 4.12. The quantitative estimate of drug-likeness (QED) is 0.532. The molecule has 0 heterocycles. The molecule has 0 aliphatic heterocycles. The number of halogens is 2. The third kappa shape index (κ3) is 5.59. The minimum absolute atomic E-state index is 0.